The summed E-state index contributed by atoms with van der Waals surface area (Å²) in [5.41, 5.74) is 3.15. The van der Waals surface area contributed by atoms with Crippen LogP contribution >= 0.6 is 0 Å². The van der Waals surface area contributed by atoms with Gasteiger partial charge in [0, 0.05) is 18.5 Å². The summed E-state index contributed by atoms with van der Waals surface area (Å²) in [6, 6.07) is 24.6. The van der Waals surface area contributed by atoms with Gasteiger partial charge in [0.15, 0.2) is 0 Å². The molecule has 4 rings (SSSR count). The topological polar surface area (TPSA) is 83.6 Å². The number of terminal acetylenes is 1. The number of para-hydroxylation sites is 1. The summed E-state index contributed by atoms with van der Waals surface area (Å²) in [4.78, 5) is 24.3. The van der Waals surface area contributed by atoms with Crippen molar-refractivity contribution >= 4 is 27.5 Å². The molecule has 0 spiro atoms. The molecule has 30 heavy (non-hydrogen) atoms. The van der Waals surface area contributed by atoms with Gasteiger partial charge in [-0.05, 0) is 35.4 Å². The molecule has 2 aromatic carbocycles. The van der Waals surface area contributed by atoms with E-state index in [4.69, 9.17) is 6.42 Å². The smallest absolute Gasteiger partial charge is 0.270 e. The number of nitrogens with zero attached hydrogens (tertiary/aromatic N) is 1. The van der Waals surface area contributed by atoms with Crippen LogP contribution in [-0.4, -0.2) is 20.2 Å². The summed E-state index contributed by atoms with van der Waals surface area (Å²) >= 11 is 0. The third-order valence-corrected chi connectivity index (χ3v) is 5.73. The second-order valence-electron chi connectivity index (χ2n) is 6.34. The van der Waals surface area contributed by atoms with Crippen LogP contribution < -0.4 is 9.62 Å². The van der Waals surface area contributed by atoms with Gasteiger partial charge in [-0.3, -0.25) is 9.59 Å². The molecule has 150 valence electrons. The van der Waals surface area contributed by atoms with E-state index in [2.05, 4.69) is 30.3 Å². The van der Waals surface area contributed by atoms with Gasteiger partial charge in [-0.15, -0.1) is 0 Å². The molecule has 7 heteroatoms. The molecule has 2 amide bonds. The van der Waals surface area contributed by atoms with E-state index in [1.807, 2.05) is 4.72 Å². The Balaban J connectivity index is 0.000000357. The van der Waals surface area contributed by atoms with Gasteiger partial charge >= 0.3 is 0 Å². The van der Waals surface area contributed by atoms with Gasteiger partial charge < -0.3 is 0 Å². The Bertz CT molecular complexity index is 1210. The van der Waals surface area contributed by atoms with Gasteiger partial charge in [-0.1, -0.05) is 61.0 Å². The number of carbonyl (C=O) groups is 2. The van der Waals surface area contributed by atoms with Crippen molar-refractivity contribution in [2.24, 2.45) is 0 Å². The molecule has 0 fully saturated rings. The summed E-state index contributed by atoms with van der Waals surface area (Å²) in [6.45, 7) is 1.08. The zero-order valence-electron chi connectivity index (χ0n) is 16.1. The van der Waals surface area contributed by atoms with Gasteiger partial charge in [0.2, 0.25) is 5.91 Å². The van der Waals surface area contributed by atoms with Crippen LogP contribution in [0.4, 0.5) is 5.69 Å². The Hall–Kier alpha value is -3.89. The first-order valence-corrected chi connectivity index (χ1v) is 10.4. The van der Waals surface area contributed by atoms with Crippen molar-refractivity contribution in [3.8, 4) is 23.6 Å². The Morgan fingerprint density at radius 3 is 1.87 bits per heavy atom. The molecule has 6 nitrogen and oxygen atoms in total. The Morgan fingerprint density at radius 2 is 1.40 bits per heavy atom. The minimum Gasteiger partial charge on any atom is -0.274 e. The third kappa shape index (κ3) is 4.40. The first-order chi connectivity index (χ1) is 14.3. The van der Waals surface area contributed by atoms with E-state index in [-0.39, 0.29) is 10.6 Å². The second-order valence-corrected chi connectivity index (χ2v) is 7.99. The van der Waals surface area contributed by atoms with Crippen LogP contribution in [0.1, 0.15) is 17.3 Å². The molecule has 0 bridgehead atoms. The predicted octanol–water partition coefficient (Wildman–Crippen LogP) is 3.42. The van der Waals surface area contributed by atoms with Crippen LogP contribution in [0.2, 0.25) is 0 Å². The van der Waals surface area contributed by atoms with Crippen molar-refractivity contribution in [1.82, 2.24) is 4.72 Å². The number of benzene rings is 3. The first kappa shape index (κ1) is 20.8. The molecule has 0 aromatic heterocycles. The van der Waals surface area contributed by atoms with E-state index >= 15 is 0 Å². The molecule has 0 heterocycles. The highest BCUT2D eigenvalue weighted by Crippen LogP contribution is 2.29. The molecule has 0 radical (unpaired) electrons. The van der Waals surface area contributed by atoms with Crippen molar-refractivity contribution in [3.63, 3.8) is 0 Å². The maximum Gasteiger partial charge on any atom is 0.270 e. The van der Waals surface area contributed by atoms with Crippen LogP contribution in [0.15, 0.2) is 83.8 Å². The minimum atomic E-state index is -4.15. The van der Waals surface area contributed by atoms with Crippen molar-refractivity contribution < 1.29 is 18.0 Å². The number of sulfonamides is 1. The Kier molecular flexibility index (Phi) is 6.00. The molecule has 0 saturated carbocycles. The van der Waals surface area contributed by atoms with Crippen LogP contribution in [0.5, 0.6) is 0 Å². The van der Waals surface area contributed by atoms with Crippen LogP contribution in [0.25, 0.3) is 11.1 Å². The summed E-state index contributed by atoms with van der Waals surface area (Å²) in [7, 11) is -4.15. The zero-order valence-corrected chi connectivity index (χ0v) is 16.9. The summed E-state index contributed by atoms with van der Waals surface area (Å²) in [5, 5.41) is 0. The molecule has 0 unspecified atom stereocenters. The number of hydrogen-bond donors (Lipinski definition) is 1. The zero-order chi connectivity index (χ0) is 21.7. The van der Waals surface area contributed by atoms with Gasteiger partial charge in [-0.2, -0.15) is 0 Å². The highest BCUT2D eigenvalue weighted by Gasteiger charge is 2.25. The van der Waals surface area contributed by atoms with E-state index in [0.29, 0.717) is 5.56 Å². The van der Waals surface area contributed by atoms with Gasteiger partial charge in [0.1, 0.15) is 4.90 Å². The fourth-order valence-electron chi connectivity index (χ4n) is 2.72. The molecule has 0 saturated heterocycles. The highest BCUT2D eigenvalue weighted by molar-refractivity contribution is 7.90. The van der Waals surface area contributed by atoms with Gasteiger partial charge in [0.25, 0.3) is 15.9 Å². The molecule has 2 aromatic rings. The lowest BCUT2D eigenvalue weighted by Crippen LogP contribution is -2.32. The number of hydrogen-bond acceptors (Lipinski definition) is 4. The van der Waals surface area contributed by atoms with E-state index in [1.165, 1.54) is 29.3 Å². The fourth-order valence-corrected chi connectivity index (χ4v) is 3.90. The predicted molar refractivity (Wildman–Crippen MR) is 115 cm³/mol. The Morgan fingerprint density at radius 1 is 0.867 bits per heavy atom. The second kappa shape index (κ2) is 8.64. The van der Waals surface area contributed by atoms with Crippen molar-refractivity contribution in [1.29, 1.82) is 0 Å². The van der Waals surface area contributed by atoms with Crippen LogP contribution in [0.3, 0.4) is 0 Å². The average Bonchev–Trinajstić information content (AvgIpc) is 2.71. The summed E-state index contributed by atoms with van der Waals surface area (Å²) < 4.78 is 26.5. The normalized spacial score (nSPS) is 10.7. The lowest BCUT2D eigenvalue weighted by atomic mass is 9.95. The number of anilines is 1. The van der Waals surface area contributed by atoms with E-state index in [1.54, 1.807) is 36.4 Å². The van der Waals surface area contributed by atoms with Crippen molar-refractivity contribution in [3.05, 3.63) is 84.4 Å². The van der Waals surface area contributed by atoms with E-state index in [9.17, 15) is 18.0 Å². The highest BCUT2D eigenvalue weighted by atomic mass is 32.2. The number of fused-ring (bicyclic) bond motifs is 1. The fraction of sp³-hybridized carbons (Fsp3) is 0.0435. The van der Waals surface area contributed by atoms with Crippen molar-refractivity contribution in [2.75, 3.05) is 4.90 Å². The molecule has 0 atom stereocenters. The van der Waals surface area contributed by atoms with E-state index in [0.717, 1.165) is 11.8 Å². The molecular formula is C23H18N2O4S. The largest absolute Gasteiger partial charge is 0.274 e. The summed E-state index contributed by atoms with van der Waals surface area (Å²) in [6.07, 6.45) is 5.43. The standard InChI is InChI=1S/C17H14N2O4S.C6H4/c1-3-19(17(21)14-9-5-4-6-10-14)15-11-7-8-12-16(15)24(22,23)18-13(2)20;1-2-6-4-3-5(1)6/h1,4-12H,2H3,(H,18,20);1-4H. The van der Waals surface area contributed by atoms with Crippen molar-refractivity contribution in [2.45, 2.75) is 11.8 Å². The molecule has 1 N–H and O–H groups in total. The minimum absolute atomic E-state index is 0.0115. The van der Waals surface area contributed by atoms with Gasteiger partial charge in [0.05, 0.1) is 5.69 Å². The Labute approximate surface area is 175 Å². The van der Waals surface area contributed by atoms with Crippen LogP contribution in [-0.2, 0) is 14.8 Å². The molecule has 2 aliphatic carbocycles. The maximum absolute atomic E-state index is 12.6. The number of nitrogens with one attached hydrogen (secondary N) is 1. The van der Waals surface area contributed by atoms with E-state index < -0.39 is 21.8 Å². The molecule has 0 aliphatic heterocycles. The average molecular weight is 418 g/mol. The number of amides is 2. The molecule has 2 aliphatic rings. The third-order valence-electron chi connectivity index (χ3n) is 4.24. The number of carbonyl (C=O) groups excluding carboxylic acids is 2. The molecular weight excluding hydrogens is 400 g/mol. The lowest BCUT2D eigenvalue weighted by molar-refractivity contribution is -0.117. The number of rotatable bonds is 4. The summed E-state index contributed by atoms with van der Waals surface area (Å²) in [5.74, 6) is -1.30. The van der Waals surface area contributed by atoms with Gasteiger partial charge in [-0.25, -0.2) is 18.0 Å². The first-order valence-electron chi connectivity index (χ1n) is 8.92. The quantitative estimate of drug-likeness (QED) is 0.407. The SMILES string of the molecule is C#CN(C(=O)c1ccccc1)c1ccccc1S(=O)(=O)NC(C)=O.c1cc2ccc1-2. The lowest BCUT2D eigenvalue weighted by Gasteiger charge is -2.19. The maximum atomic E-state index is 12.6. The van der Waals surface area contributed by atoms with Crippen LogP contribution in [0, 0.1) is 12.5 Å². The monoisotopic (exact) mass is 418 g/mol.